The molecule has 1 heterocycles. The predicted octanol–water partition coefficient (Wildman–Crippen LogP) is 7.02. The van der Waals surface area contributed by atoms with Crippen LogP contribution >= 0.6 is 0 Å². The van der Waals surface area contributed by atoms with Crippen molar-refractivity contribution in [3.05, 3.63) is 89.0 Å². The zero-order valence-corrected chi connectivity index (χ0v) is 16.5. The zero-order valence-electron chi connectivity index (χ0n) is 16.5. The first kappa shape index (κ1) is 15.6. The Balaban J connectivity index is 1.74. The van der Waals surface area contributed by atoms with Crippen LogP contribution in [0.1, 0.15) is 28.7 Å². The van der Waals surface area contributed by atoms with Gasteiger partial charge in [-0.2, -0.15) is 0 Å². The summed E-state index contributed by atoms with van der Waals surface area (Å²) in [5.74, 6) is 0. The van der Waals surface area contributed by atoms with E-state index in [1.54, 1.807) is 0 Å². The average Bonchev–Trinajstić information content (AvgIpc) is 3.28. The summed E-state index contributed by atoms with van der Waals surface area (Å²) in [6, 6.07) is 22.7. The molecule has 1 heteroatoms. The van der Waals surface area contributed by atoms with Gasteiger partial charge < -0.3 is 4.57 Å². The number of rotatable bonds is 0. The number of hydrogen-bond donors (Lipinski definition) is 0. The van der Waals surface area contributed by atoms with Gasteiger partial charge in [0, 0.05) is 28.7 Å². The van der Waals surface area contributed by atoms with Gasteiger partial charge in [0.25, 0.3) is 0 Å². The second kappa shape index (κ2) is 5.39. The first-order chi connectivity index (χ1) is 14.3. The zero-order chi connectivity index (χ0) is 19.1. The van der Waals surface area contributed by atoms with Gasteiger partial charge in [-0.1, -0.05) is 54.6 Å². The van der Waals surface area contributed by atoms with E-state index in [0.717, 1.165) is 19.3 Å². The highest BCUT2D eigenvalue weighted by Gasteiger charge is 2.24. The molecule has 0 amide bonds. The Morgan fingerprint density at radius 1 is 0.793 bits per heavy atom. The topological polar surface area (TPSA) is 4.93 Å². The fourth-order valence-electron chi connectivity index (χ4n) is 5.79. The van der Waals surface area contributed by atoms with Crippen LogP contribution in [0.25, 0.3) is 49.8 Å². The van der Waals surface area contributed by atoms with Crippen molar-refractivity contribution in [3.63, 3.8) is 0 Å². The van der Waals surface area contributed by atoms with Crippen molar-refractivity contribution in [2.75, 3.05) is 0 Å². The lowest BCUT2D eigenvalue weighted by molar-refractivity contribution is 0.995. The highest BCUT2D eigenvalue weighted by Crippen LogP contribution is 2.45. The monoisotopic (exact) mass is 371 g/mol. The molecule has 29 heavy (non-hydrogen) atoms. The normalized spacial score (nSPS) is 14.5. The van der Waals surface area contributed by atoms with E-state index in [2.05, 4.69) is 84.4 Å². The molecule has 0 saturated heterocycles. The van der Waals surface area contributed by atoms with Gasteiger partial charge in [-0.25, -0.2) is 0 Å². The second-order valence-electron chi connectivity index (χ2n) is 8.52. The molecule has 0 aliphatic heterocycles. The Kier molecular flexibility index (Phi) is 2.90. The van der Waals surface area contributed by atoms with Gasteiger partial charge in [0.05, 0.1) is 5.52 Å². The van der Waals surface area contributed by atoms with Crippen molar-refractivity contribution in [2.45, 2.75) is 19.3 Å². The van der Waals surface area contributed by atoms with Gasteiger partial charge in [-0.05, 0) is 76.2 Å². The number of aryl methyl sites for hydroxylation is 2. The van der Waals surface area contributed by atoms with Crippen LogP contribution in [0.15, 0.2) is 66.7 Å². The maximum Gasteiger partial charge on any atom is 0.0571 e. The molecule has 0 atom stereocenters. The number of benzene rings is 4. The third kappa shape index (κ3) is 1.90. The number of para-hydroxylation sites is 1. The third-order valence-corrected chi connectivity index (χ3v) is 7.06. The largest absolute Gasteiger partial charge is 0.343 e. The van der Waals surface area contributed by atoms with Crippen LogP contribution < -0.4 is 0 Å². The smallest absolute Gasteiger partial charge is 0.0571 e. The molecule has 138 valence electrons. The maximum absolute atomic E-state index is 2.48. The molecule has 0 N–H and O–H groups in total. The minimum Gasteiger partial charge on any atom is -0.343 e. The summed E-state index contributed by atoms with van der Waals surface area (Å²) in [7, 11) is 2.23. The van der Waals surface area contributed by atoms with E-state index in [1.165, 1.54) is 66.0 Å². The Bertz CT molecular complexity index is 1530. The predicted molar refractivity (Wildman–Crippen MR) is 124 cm³/mol. The summed E-state index contributed by atoms with van der Waals surface area (Å²) in [6.07, 6.45) is 8.03. The van der Waals surface area contributed by atoms with Crippen LogP contribution in [0.4, 0.5) is 0 Å². The number of fused-ring (bicyclic) bond motifs is 11. The Morgan fingerprint density at radius 3 is 2.62 bits per heavy atom. The third-order valence-electron chi connectivity index (χ3n) is 7.06. The van der Waals surface area contributed by atoms with E-state index in [4.69, 9.17) is 0 Å². The van der Waals surface area contributed by atoms with Gasteiger partial charge >= 0.3 is 0 Å². The van der Waals surface area contributed by atoms with E-state index in [9.17, 15) is 0 Å². The molecule has 5 aromatic rings. The first-order valence-corrected chi connectivity index (χ1v) is 10.5. The molecule has 2 aliphatic rings. The van der Waals surface area contributed by atoms with Gasteiger partial charge in [0.15, 0.2) is 0 Å². The van der Waals surface area contributed by atoms with Crippen LogP contribution in [0.3, 0.4) is 0 Å². The summed E-state index contributed by atoms with van der Waals surface area (Å²) in [4.78, 5) is 0. The average molecular weight is 371 g/mol. The lowest BCUT2D eigenvalue weighted by atomic mass is 9.86. The van der Waals surface area contributed by atoms with E-state index in [-0.39, 0.29) is 0 Å². The lowest BCUT2D eigenvalue weighted by Crippen LogP contribution is -1.99. The van der Waals surface area contributed by atoms with Crippen molar-refractivity contribution < 1.29 is 0 Å². The molecular formula is C28H21N. The minimum absolute atomic E-state index is 1.05. The minimum atomic E-state index is 1.05. The maximum atomic E-state index is 2.48. The highest BCUT2D eigenvalue weighted by atomic mass is 14.9. The van der Waals surface area contributed by atoms with Crippen LogP contribution in [-0.2, 0) is 19.9 Å². The van der Waals surface area contributed by atoms with Crippen LogP contribution in [0.2, 0.25) is 0 Å². The number of hydrogen-bond acceptors (Lipinski definition) is 0. The standard InChI is InChI=1S/C28H21N/c1-29-26-13-7-6-12-22(26)27-21-11-5-4-10-20(21)24-15-18-14-17-8-2-3-9-19(17)23(18)16-25(24)28(27)29/h2-4,6-10,12-13,15-16H,5,11,14H2,1H3. The molecule has 0 spiro atoms. The fourth-order valence-corrected chi connectivity index (χ4v) is 5.79. The van der Waals surface area contributed by atoms with Crippen LogP contribution in [0, 0.1) is 0 Å². The summed E-state index contributed by atoms with van der Waals surface area (Å²) in [6.45, 7) is 0. The fraction of sp³-hybridized carbons (Fsp3) is 0.143. The van der Waals surface area contributed by atoms with Gasteiger partial charge in [-0.15, -0.1) is 0 Å². The number of nitrogens with zero attached hydrogens (tertiary/aromatic N) is 1. The van der Waals surface area contributed by atoms with Crippen LogP contribution in [0.5, 0.6) is 0 Å². The quantitative estimate of drug-likeness (QED) is 0.270. The molecule has 0 radical (unpaired) electrons. The van der Waals surface area contributed by atoms with E-state index >= 15 is 0 Å². The van der Waals surface area contributed by atoms with E-state index < -0.39 is 0 Å². The number of aromatic nitrogens is 1. The van der Waals surface area contributed by atoms with Crippen molar-refractivity contribution in [3.8, 4) is 11.1 Å². The summed E-state index contributed by atoms with van der Waals surface area (Å²) >= 11 is 0. The highest BCUT2D eigenvalue weighted by molar-refractivity contribution is 6.22. The first-order valence-electron chi connectivity index (χ1n) is 10.5. The van der Waals surface area contributed by atoms with Crippen molar-refractivity contribution >= 4 is 38.7 Å². The number of allylic oxidation sites excluding steroid dienone is 1. The molecule has 0 saturated carbocycles. The Hall–Kier alpha value is -3.32. The Morgan fingerprint density at radius 2 is 1.66 bits per heavy atom. The van der Waals surface area contributed by atoms with Crippen molar-refractivity contribution in [1.29, 1.82) is 0 Å². The molecule has 7 rings (SSSR count). The summed E-state index contributed by atoms with van der Waals surface area (Å²) in [5.41, 5.74) is 11.4. The van der Waals surface area contributed by atoms with Crippen molar-refractivity contribution in [1.82, 2.24) is 4.57 Å². The molecule has 0 fully saturated rings. The summed E-state index contributed by atoms with van der Waals surface area (Å²) < 4.78 is 2.42. The summed E-state index contributed by atoms with van der Waals surface area (Å²) in [5, 5.41) is 5.65. The molecule has 2 aliphatic carbocycles. The Labute approximate surface area is 169 Å². The van der Waals surface area contributed by atoms with Gasteiger partial charge in [0.1, 0.15) is 0 Å². The molecule has 1 aromatic heterocycles. The second-order valence-corrected chi connectivity index (χ2v) is 8.52. The van der Waals surface area contributed by atoms with Crippen LogP contribution in [-0.4, -0.2) is 4.57 Å². The molecule has 4 aromatic carbocycles. The van der Waals surface area contributed by atoms with Crippen molar-refractivity contribution in [2.24, 2.45) is 7.05 Å². The van der Waals surface area contributed by atoms with E-state index in [1.807, 2.05) is 0 Å². The molecule has 0 unspecified atom stereocenters. The SMILES string of the molecule is Cn1c2ccccc2c2c3c(c4cc5c(cc4c21)-c1ccccc1C5)C=CCC3. The molecule has 1 nitrogen and oxygen atoms in total. The molecular weight excluding hydrogens is 350 g/mol. The molecule has 0 bridgehead atoms. The van der Waals surface area contributed by atoms with Gasteiger partial charge in [-0.3, -0.25) is 0 Å². The lowest BCUT2D eigenvalue weighted by Gasteiger charge is -2.18. The van der Waals surface area contributed by atoms with Gasteiger partial charge in [0.2, 0.25) is 0 Å². The van der Waals surface area contributed by atoms with E-state index in [0.29, 0.717) is 0 Å².